The summed E-state index contributed by atoms with van der Waals surface area (Å²) in [6, 6.07) is 12.7. The fraction of sp³-hybridized carbons (Fsp3) is 0.320. The Balaban J connectivity index is 1.76. The number of carbonyl (C=O) groups is 1. The van der Waals surface area contributed by atoms with Gasteiger partial charge < -0.3 is 19.1 Å². The van der Waals surface area contributed by atoms with E-state index in [-0.39, 0.29) is 17.2 Å². The van der Waals surface area contributed by atoms with Crippen LogP contribution >= 0.6 is 11.6 Å². The highest BCUT2D eigenvalue weighted by molar-refractivity contribution is 6.32. The van der Waals surface area contributed by atoms with E-state index in [4.69, 9.17) is 16.3 Å². The number of methoxy groups -OCH3 is 1. The predicted molar refractivity (Wildman–Crippen MR) is 133 cm³/mol. The second kappa shape index (κ2) is 8.77. The van der Waals surface area contributed by atoms with Gasteiger partial charge in [-0.05, 0) is 30.8 Å². The average Bonchev–Trinajstić information content (AvgIpc) is 3.17. The van der Waals surface area contributed by atoms with Crippen molar-refractivity contribution in [2.24, 2.45) is 7.05 Å². The summed E-state index contributed by atoms with van der Waals surface area (Å²) in [6.45, 7) is 5.94. The van der Waals surface area contributed by atoms with E-state index in [1.807, 2.05) is 40.8 Å². The van der Waals surface area contributed by atoms with Gasteiger partial charge in [0.1, 0.15) is 11.3 Å². The third kappa shape index (κ3) is 3.54. The maximum atomic E-state index is 13.8. The number of piperazine rings is 1. The molecule has 3 heterocycles. The maximum Gasteiger partial charge on any atom is 0.296 e. The number of amides is 1. The number of benzene rings is 2. The van der Waals surface area contributed by atoms with Gasteiger partial charge in [0, 0.05) is 49.5 Å². The molecule has 0 radical (unpaired) electrons. The first-order valence-electron chi connectivity index (χ1n) is 11.3. The van der Waals surface area contributed by atoms with Gasteiger partial charge in [0.15, 0.2) is 5.69 Å². The van der Waals surface area contributed by atoms with Crippen LogP contribution in [0.4, 0.5) is 0 Å². The Kier molecular flexibility index (Phi) is 5.79. The molecule has 1 aliphatic heterocycles. The zero-order chi connectivity index (χ0) is 24.0. The molecule has 1 fully saturated rings. The van der Waals surface area contributed by atoms with Crippen molar-refractivity contribution >= 4 is 39.3 Å². The van der Waals surface area contributed by atoms with Gasteiger partial charge in [0.05, 0.1) is 17.8 Å². The largest absolute Gasteiger partial charge is 0.495 e. The summed E-state index contributed by atoms with van der Waals surface area (Å²) in [5.41, 5.74) is 1.71. The van der Waals surface area contributed by atoms with Crippen LogP contribution in [0.5, 0.6) is 5.75 Å². The van der Waals surface area contributed by atoms with Crippen molar-refractivity contribution in [3.8, 4) is 11.4 Å². The molecule has 0 N–H and O–H groups in total. The smallest absolute Gasteiger partial charge is 0.296 e. The van der Waals surface area contributed by atoms with E-state index in [2.05, 4.69) is 16.9 Å². The van der Waals surface area contributed by atoms with Gasteiger partial charge in [-0.3, -0.25) is 9.59 Å². The first kappa shape index (κ1) is 22.4. The van der Waals surface area contributed by atoms with Crippen LogP contribution in [-0.2, 0) is 7.05 Å². The van der Waals surface area contributed by atoms with E-state index in [9.17, 15) is 9.59 Å². The summed E-state index contributed by atoms with van der Waals surface area (Å²) < 4.78 is 8.35. The molecule has 0 aliphatic carbocycles. The fourth-order valence-corrected chi connectivity index (χ4v) is 4.96. The number of fused-ring (bicyclic) bond motifs is 3. The van der Waals surface area contributed by atoms with E-state index in [1.165, 1.54) is 11.8 Å². The van der Waals surface area contributed by atoms with Crippen LogP contribution in [0.15, 0.2) is 47.3 Å². The molecule has 2 aromatic carbocycles. The van der Waals surface area contributed by atoms with E-state index in [0.717, 1.165) is 30.5 Å². The summed E-state index contributed by atoms with van der Waals surface area (Å²) in [5, 5.41) is 6.41. The minimum Gasteiger partial charge on any atom is -0.495 e. The highest BCUT2D eigenvalue weighted by atomic mass is 35.5. The quantitative estimate of drug-likeness (QED) is 0.449. The number of aryl methyl sites for hydroxylation is 1. The summed E-state index contributed by atoms with van der Waals surface area (Å²) in [5.74, 6) is 0.319. The summed E-state index contributed by atoms with van der Waals surface area (Å²) in [4.78, 5) is 31.6. The summed E-state index contributed by atoms with van der Waals surface area (Å²) in [6.07, 6.45) is 0. The summed E-state index contributed by atoms with van der Waals surface area (Å²) >= 11 is 6.34. The second-order valence-electron chi connectivity index (χ2n) is 8.41. The molecule has 1 aliphatic rings. The van der Waals surface area contributed by atoms with Crippen molar-refractivity contribution in [3.05, 3.63) is 63.5 Å². The number of hydrogen-bond acceptors (Lipinski definition) is 5. The van der Waals surface area contributed by atoms with Crippen molar-refractivity contribution in [1.29, 1.82) is 0 Å². The molecule has 4 aromatic rings. The first-order chi connectivity index (χ1) is 16.4. The Morgan fingerprint density at radius 1 is 1.12 bits per heavy atom. The van der Waals surface area contributed by atoms with Crippen LogP contribution in [0.3, 0.4) is 0 Å². The van der Waals surface area contributed by atoms with Crippen LogP contribution in [-0.4, -0.2) is 69.9 Å². The van der Waals surface area contributed by atoms with Crippen molar-refractivity contribution < 1.29 is 9.53 Å². The van der Waals surface area contributed by atoms with Gasteiger partial charge >= 0.3 is 0 Å². The lowest BCUT2D eigenvalue weighted by Gasteiger charge is -2.34. The number of nitrogens with zero attached hydrogens (tertiary/aromatic N) is 5. The van der Waals surface area contributed by atoms with Crippen LogP contribution in [0, 0.1) is 0 Å². The van der Waals surface area contributed by atoms with Crippen LogP contribution in [0.25, 0.3) is 27.5 Å². The number of carbonyl (C=O) groups excluding carboxylic acids is 1. The van der Waals surface area contributed by atoms with Crippen molar-refractivity contribution in [2.75, 3.05) is 39.8 Å². The molecule has 0 saturated carbocycles. The molecule has 176 valence electrons. The first-order valence-corrected chi connectivity index (χ1v) is 11.7. The zero-order valence-electron chi connectivity index (χ0n) is 19.4. The number of aromatic nitrogens is 3. The molecule has 1 amide bonds. The Hall–Kier alpha value is -3.36. The Morgan fingerprint density at radius 2 is 1.85 bits per heavy atom. The van der Waals surface area contributed by atoms with Crippen LogP contribution < -0.4 is 10.3 Å². The maximum absolute atomic E-state index is 13.8. The van der Waals surface area contributed by atoms with Crippen molar-refractivity contribution in [1.82, 2.24) is 24.1 Å². The zero-order valence-corrected chi connectivity index (χ0v) is 20.2. The molecular formula is C25H26ClN5O3. The molecule has 9 heteroatoms. The van der Waals surface area contributed by atoms with Gasteiger partial charge in [-0.15, -0.1) is 0 Å². The van der Waals surface area contributed by atoms with Gasteiger partial charge in [-0.1, -0.05) is 36.7 Å². The molecule has 34 heavy (non-hydrogen) atoms. The average molecular weight is 480 g/mol. The van der Waals surface area contributed by atoms with Gasteiger partial charge in [0.2, 0.25) is 0 Å². The number of likely N-dealkylation sites (N-methyl/N-ethyl adjacent to an activating group) is 1. The third-order valence-electron chi connectivity index (χ3n) is 6.63. The number of para-hydroxylation sites is 1. The molecule has 5 rings (SSSR count). The molecule has 8 nitrogen and oxygen atoms in total. The molecule has 0 atom stereocenters. The van der Waals surface area contributed by atoms with Gasteiger partial charge in [-0.2, -0.15) is 9.78 Å². The SMILES string of the molecule is CCN1CCN(C(=O)c2nn(-c3ccc(OC)c(Cl)c3)c(=O)c3c2c2ccccc2n3C)CC1. The number of rotatable bonds is 4. The minimum absolute atomic E-state index is 0.175. The normalized spacial score (nSPS) is 14.8. The molecule has 0 bridgehead atoms. The second-order valence-corrected chi connectivity index (χ2v) is 8.82. The van der Waals surface area contributed by atoms with Crippen LogP contribution in [0.1, 0.15) is 17.4 Å². The monoisotopic (exact) mass is 479 g/mol. The number of ether oxygens (including phenoxy) is 1. The molecule has 0 unspecified atom stereocenters. The highest BCUT2D eigenvalue weighted by Crippen LogP contribution is 2.30. The number of halogens is 1. The van der Waals surface area contributed by atoms with E-state index in [1.54, 1.807) is 18.2 Å². The van der Waals surface area contributed by atoms with Crippen molar-refractivity contribution in [2.45, 2.75) is 6.92 Å². The lowest BCUT2D eigenvalue weighted by atomic mass is 10.1. The lowest BCUT2D eigenvalue weighted by molar-refractivity contribution is 0.0638. The Bertz CT molecular complexity index is 1470. The fourth-order valence-electron chi connectivity index (χ4n) is 4.71. The Morgan fingerprint density at radius 3 is 2.53 bits per heavy atom. The molecular weight excluding hydrogens is 454 g/mol. The molecule has 2 aromatic heterocycles. The van der Waals surface area contributed by atoms with Crippen molar-refractivity contribution in [3.63, 3.8) is 0 Å². The van der Waals surface area contributed by atoms with Gasteiger partial charge in [-0.25, -0.2) is 0 Å². The number of hydrogen-bond donors (Lipinski definition) is 0. The predicted octanol–water partition coefficient (Wildman–Crippen LogP) is 3.32. The lowest BCUT2D eigenvalue weighted by Crippen LogP contribution is -2.49. The topological polar surface area (TPSA) is 72.6 Å². The van der Waals surface area contributed by atoms with Crippen LogP contribution in [0.2, 0.25) is 5.02 Å². The Labute approximate surface area is 201 Å². The summed E-state index contributed by atoms with van der Waals surface area (Å²) in [7, 11) is 3.37. The highest BCUT2D eigenvalue weighted by Gasteiger charge is 2.28. The third-order valence-corrected chi connectivity index (χ3v) is 6.92. The molecule has 0 spiro atoms. The molecule has 1 saturated heterocycles. The van der Waals surface area contributed by atoms with E-state index < -0.39 is 0 Å². The van der Waals surface area contributed by atoms with E-state index >= 15 is 0 Å². The van der Waals surface area contributed by atoms with E-state index in [0.29, 0.717) is 40.5 Å². The standard InChI is InChI=1S/C25H26ClN5O3/c1-4-29-11-13-30(14-12-29)24(32)22-21-17-7-5-6-8-19(17)28(2)23(21)25(33)31(27-22)16-9-10-20(34-3)18(26)15-16/h5-10,15H,4,11-14H2,1-3H3. The minimum atomic E-state index is -0.317. The van der Waals surface area contributed by atoms with Gasteiger partial charge in [0.25, 0.3) is 11.5 Å².